The van der Waals surface area contributed by atoms with E-state index in [4.69, 9.17) is 10.5 Å². The monoisotopic (exact) mass is 270 g/mol. The molecule has 0 radical (unpaired) electrons. The molecule has 0 aliphatic rings. The fourth-order valence-corrected chi connectivity index (χ4v) is 2.00. The van der Waals surface area contributed by atoms with Crippen LogP contribution < -0.4 is 15.8 Å². The zero-order valence-corrected chi connectivity index (χ0v) is 11.6. The van der Waals surface area contributed by atoms with Crippen LogP contribution in [0.3, 0.4) is 0 Å². The van der Waals surface area contributed by atoms with Gasteiger partial charge in [-0.15, -0.1) is 0 Å². The van der Waals surface area contributed by atoms with Gasteiger partial charge in [0.1, 0.15) is 5.75 Å². The lowest BCUT2D eigenvalue weighted by Gasteiger charge is -2.09. The molecule has 0 aromatic heterocycles. The molecular weight excluding hydrogens is 252 g/mol. The molecule has 0 aliphatic carbocycles. The summed E-state index contributed by atoms with van der Waals surface area (Å²) < 4.78 is 5.08. The van der Waals surface area contributed by atoms with E-state index in [0.29, 0.717) is 23.5 Å². The van der Waals surface area contributed by atoms with Crippen molar-refractivity contribution >= 4 is 17.3 Å². The number of hydrogen-bond acceptors (Lipinski definition) is 3. The normalized spacial score (nSPS) is 10.1. The van der Waals surface area contributed by atoms with Gasteiger partial charge in [-0.3, -0.25) is 4.79 Å². The van der Waals surface area contributed by atoms with Gasteiger partial charge in [0, 0.05) is 5.69 Å². The summed E-state index contributed by atoms with van der Waals surface area (Å²) in [6.45, 7) is 1.99. The first-order valence-electron chi connectivity index (χ1n) is 6.38. The van der Waals surface area contributed by atoms with Crippen molar-refractivity contribution in [3.05, 3.63) is 53.6 Å². The summed E-state index contributed by atoms with van der Waals surface area (Å²) >= 11 is 0. The molecule has 0 unspecified atom stereocenters. The van der Waals surface area contributed by atoms with Gasteiger partial charge in [0.25, 0.3) is 0 Å². The number of rotatable bonds is 4. The van der Waals surface area contributed by atoms with Crippen LogP contribution in [0.25, 0.3) is 0 Å². The highest BCUT2D eigenvalue weighted by Gasteiger charge is 2.07. The number of hydrogen-bond donors (Lipinski definition) is 2. The topological polar surface area (TPSA) is 64.3 Å². The first-order chi connectivity index (χ1) is 9.60. The summed E-state index contributed by atoms with van der Waals surface area (Å²) in [5.41, 5.74) is 9.11. The van der Waals surface area contributed by atoms with Crippen LogP contribution in [0.15, 0.2) is 42.5 Å². The predicted molar refractivity (Wildman–Crippen MR) is 80.9 cm³/mol. The average molecular weight is 270 g/mol. The van der Waals surface area contributed by atoms with Gasteiger partial charge in [0.15, 0.2) is 0 Å². The number of nitrogens with one attached hydrogen (secondary N) is 1. The lowest BCUT2D eigenvalue weighted by molar-refractivity contribution is -0.115. The third kappa shape index (κ3) is 3.29. The van der Waals surface area contributed by atoms with Gasteiger partial charge in [-0.05, 0) is 36.2 Å². The third-order valence-corrected chi connectivity index (χ3v) is 3.13. The fourth-order valence-electron chi connectivity index (χ4n) is 2.00. The predicted octanol–water partition coefficient (Wildman–Crippen LogP) is 2.77. The molecule has 0 fully saturated rings. The Balaban J connectivity index is 2.05. The molecule has 4 nitrogen and oxygen atoms in total. The van der Waals surface area contributed by atoms with Gasteiger partial charge >= 0.3 is 0 Å². The second-order valence-corrected chi connectivity index (χ2v) is 4.61. The van der Waals surface area contributed by atoms with Crippen LogP contribution in [-0.4, -0.2) is 13.0 Å². The van der Waals surface area contributed by atoms with E-state index >= 15 is 0 Å². The van der Waals surface area contributed by atoms with Gasteiger partial charge in [-0.1, -0.05) is 24.3 Å². The van der Waals surface area contributed by atoms with Gasteiger partial charge in [0.2, 0.25) is 5.91 Å². The molecule has 2 aromatic carbocycles. The van der Waals surface area contributed by atoms with Crippen molar-refractivity contribution in [1.82, 2.24) is 0 Å². The van der Waals surface area contributed by atoms with Crippen LogP contribution in [0.1, 0.15) is 11.1 Å². The Morgan fingerprint density at radius 1 is 1.25 bits per heavy atom. The van der Waals surface area contributed by atoms with E-state index in [1.54, 1.807) is 25.3 Å². The minimum atomic E-state index is -0.0659. The summed E-state index contributed by atoms with van der Waals surface area (Å²) in [7, 11) is 1.56. The van der Waals surface area contributed by atoms with Crippen LogP contribution in [0.5, 0.6) is 5.75 Å². The highest BCUT2D eigenvalue weighted by Crippen LogP contribution is 2.24. The molecule has 0 aliphatic heterocycles. The van der Waals surface area contributed by atoms with Gasteiger partial charge in [0.05, 0.1) is 19.2 Å². The summed E-state index contributed by atoms with van der Waals surface area (Å²) in [5, 5.41) is 2.84. The van der Waals surface area contributed by atoms with E-state index in [1.165, 1.54) is 0 Å². The largest absolute Gasteiger partial charge is 0.495 e. The number of carbonyl (C=O) groups excluding carboxylic acids is 1. The van der Waals surface area contributed by atoms with Crippen LogP contribution in [0.2, 0.25) is 0 Å². The van der Waals surface area contributed by atoms with Crippen LogP contribution in [0.4, 0.5) is 11.4 Å². The standard InChI is InChI=1S/C16H18N2O2/c1-11-5-3-4-6-12(11)9-16(19)18-13-7-8-15(20-2)14(17)10-13/h3-8,10H,9,17H2,1-2H3,(H,18,19). The molecule has 104 valence electrons. The van der Waals surface area contributed by atoms with Gasteiger partial charge in [-0.2, -0.15) is 0 Å². The maximum Gasteiger partial charge on any atom is 0.228 e. The number of anilines is 2. The van der Waals surface area contributed by atoms with Crippen molar-refractivity contribution in [2.45, 2.75) is 13.3 Å². The first-order valence-corrected chi connectivity index (χ1v) is 6.38. The zero-order valence-electron chi connectivity index (χ0n) is 11.6. The zero-order chi connectivity index (χ0) is 14.5. The maximum atomic E-state index is 12.0. The minimum absolute atomic E-state index is 0.0659. The fraction of sp³-hybridized carbons (Fsp3) is 0.188. The molecule has 1 amide bonds. The Morgan fingerprint density at radius 3 is 2.65 bits per heavy atom. The van der Waals surface area contributed by atoms with E-state index in [1.807, 2.05) is 31.2 Å². The highest BCUT2D eigenvalue weighted by molar-refractivity contribution is 5.93. The van der Waals surface area contributed by atoms with Gasteiger partial charge in [-0.25, -0.2) is 0 Å². The van der Waals surface area contributed by atoms with Crippen molar-refractivity contribution in [3.63, 3.8) is 0 Å². The third-order valence-electron chi connectivity index (χ3n) is 3.13. The van der Waals surface area contributed by atoms with Gasteiger partial charge < -0.3 is 15.8 Å². The highest BCUT2D eigenvalue weighted by atomic mass is 16.5. The van der Waals surface area contributed by atoms with E-state index < -0.39 is 0 Å². The molecule has 2 aromatic rings. The molecule has 20 heavy (non-hydrogen) atoms. The summed E-state index contributed by atoms with van der Waals surface area (Å²) in [6, 6.07) is 13.0. The van der Waals surface area contributed by atoms with Crippen molar-refractivity contribution in [2.75, 3.05) is 18.2 Å². The number of methoxy groups -OCH3 is 1. The molecule has 3 N–H and O–H groups in total. The Morgan fingerprint density at radius 2 is 2.00 bits per heavy atom. The first kappa shape index (κ1) is 13.9. The Hall–Kier alpha value is -2.49. The van der Waals surface area contributed by atoms with Crippen molar-refractivity contribution < 1.29 is 9.53 Å². The van der Waals surface area contributed by atoms with E-state index in [2.05, 4.69) is 5.32 Å². The van der Waals surface area contributed by atoms with E-state index in [9.17, 15) is 4.79 Å². The number of aryl methyl sites for hydroxylation is 1. The van der Waals surface area contributed by atoms with Crippen LogP contribution in [-0.2, 0) is 11.2 Å². The second-order valence-electron chi connectivity index (χ2n) is 4.61. The van der Waals surface area contributed by atoms with E-state index in [-0.39, 0.29) is 5.91 Å². The number of amides is 1. The lowest BCUT2D eigenvalue weighted by atomic mass is 10.1. The summed E-state index contributed by atoms with van der Waals surface area (Å²) in [4.78, 5) is 12.0. The number of nitrogen functional groups attached to an aromatic ring is 1. The molecule has 0 saturated heterocycles. The Labute approximate surface area is 118 Å². The number of nitrogens with two attached hydrogens (primary N) is 1. The van der Waals surface area contributed by atoms with Crippen molar-refractivity contribution in [2.24, 2.45) is 0 Å². The minimum Gasteiger partial charge on any atom is -0.495 e. The second kappa shape index (κ2) is 6.10. The molecule has 0 saturated carbocycles. The quantitative estimate of drug-likeness (QED) is 0.840. The van der Waals surface area contributed by atoms with Crippen LogP contribution in [0, 0.1) is 6.92 Å². The lowest BCUT2D eigenvalue weighted by Crippen LogP contribution is -2.15. The molecule has 0 heterocycles. The molecule has 0 spiro atoms. The number of carbonyl (C=O) groups is 1. The van der Waals surface area contributed by atoms with Crippen molar-refractivity contribution in [3.8, 4) is 5.75 Å². The summed E-state index contributed by atoms with van der Waals surface area (Å²) in [6.07, 6.45) is 0.346. The molecule has 0 bridgehead atoms. The maximum absolute atomic E-state index is 12.0. The number of ether oxygens (including phenoxy) is 1. The van der Waals surface area contributed by atoms with E-state index in [0.717, 1.165) is 11.1 Å². The average Bonchev–Trinajstić information content (AvgIpc) is 2.41. The number of benzene rings is 2. The molecular formula is C16H18N2O2. The SMILES string of the molecule is COc1ccc(NC(=O)Cc2ccccc2C)cc1N. The smallest absolute Gasteiger partial charge is 0.228 e. The summed E-state index contributed by atoms with van der Waals surface area (Å²) in [5.74, 6) is 0.533. The van der Waals surface area contributed by atoms with Crippen LogP contribution >= 0.6 is 0 Å². The molecule has 0 atom stereocenters. The molecule has 4 heteroatoms. The Bertz CT molecular complexity index is 624. The molecule has 2 rings (SSSR count). The van der Waals surface area contributed by atoms with Crippen molar-refractivity contribution in [1.29, 1.82) is 0 Å². The Kier molecular flexibility index (Phi) is 4.25.